The van der Waals surface area contributed by atoms with Gasteiger partial charge in [0.25, 0.3) is 11.8 Å². The lowest BCUT2D eigenvalue weighted by Gasteiger charge is -2.29. The molecule has 4 aromatic rings. The maximum atomic E-state index is 13.2. The van der Waals surface area contributed by atoms with E-state index in [2.05, 4.69) is 15.7 Å². The number of hydrogen-bond acceptors (Lipinski definition) is 7. The third-order valence-corrected chi connectivity index (χ3v) is 6.71. The Morgan fingerprint density at radius 1 is 1.14 bits per heavy atom. The third kappa shape index (κ3) is 3.20. The number of carbonyl (C=O) groups is 3. The quantitative estimate of drug-likeness (QED) is 0.366. The smallest absolute Gasteiger partial charge is 0.322 e. The van der Waals surface area contributed by atoms with Crippen molar-refractivity contribution in [1.82, 2.24) is 25.3 Å². The summed E-state index contributed by atoms with van der Waals surface area (Å²) in [6, 6.07) is 13.6. The van der Waals surface area contributed by atoms with Crippen LogP contribution in [0.1, 0.15) is 21.7 Å². The SMILES string of the molecule is COc1ccc2c(c1)C(=O)N(CC1(c3cc4cc(-c5cc(N)n(C)n5)ccc4o3)NC(=O)NC1=O)C2. The number of urea groups is 1. The number of fused-ring (bicyclic) bond motifs is 2. The first kappa shape index (κ1) is 21.7. The van der Waals surface area contributed by atoms with E-state index in [1.54, 1.807) is 42.1 Å². The predicted molar refractivity (Wildman–Crippen MR) is 129 cm³/mol. The number of furan rings is 1. The minimum Gasteiger partial charge on any atom is -0.497 e. The van der Waals surface area contributed by atoms with Gasteiger partial charge in [-0.25, -0.2) is 4.79 Å². The Hall–Kier alpha value is -4.80. The number of nitrogens with one attached hydrogen (secondary N) is 2. The number of amides is 4. The van der Waals surface area contributed by atoms with E-state index in [0.717, 1.165) is 11.1 Å². The first-order chi connectivity index (χ1) is 17.3. The highest BCUT2D eigenvalue weighted by atomic mass is 16.5. The van der Waals surface area contributed by atoms with Crippen molar-refractivity contribution < 1.29 is 23.5 Å². The summed E-state index contributed by atoms with van der Waals surface area (Å²) in [5.74, 6) is 0.457. The van der Waals surface area contributed by atoms with Crippen molar-refractivity contribution in [2.75, 3.05) is 19.4 Å². The second-order valence-electron chi connectivity index (χ2n) is 8.94. The molecule has 4 N–H and O–H groups in total. The van der Waals surface area contributed by atoms with Crippen molar-refractivity contribution in [3.05, 3.63) is 65.4 Å². The number of anilines is 1. The summed E-state index contributed by atoms with van der Waals surface area (Å²) in [6.45, 7) is 0.179. The second-order valence-corrected chi connectivity index (χ2v) is 8.94. The molecule has 1 fully saturated rings. The summed E-state index contributed by atoms with van der Waals surface area (Å²) >= 11 is 0. The zero-order chi connectivity index (χ0) is 25.2. The molecule has 1 unspecified atom stereocenters. The van der Waals surface area contributed by atoms with Gasteiger partial charge >= 0.3 is 6.03 Å². The Labute approximate surface area is 204 Å². The van der Waals surface area contributed by atoms with E-state index in [-0.39, 0.29) is 24.8 Å². The minimum absolute atomic E-state index is 0.107. The normalized spacial score (nSPS) is 19.1. The number of imide groups is 1. The fourth-order valence-electron chi connectivity index (χ4n) is 4.77. The lowest BCUT2D eigenvalue weighted by atomic mass is 9.95. The Bertz CT molecular complexity index is 1570. The number of aromatic nitrogens is 2. The number of ether oxygens (including phenoxy) is 1. The number of nitrogens with zero attached hydrogens (tertiary/aromatic N) is 3. The van der Waals surface area contributed by atoms with Crippen LogP contribution in [0, 0.1) is 0 Å². The molecule has 4 amide bonds. The summed E-state index contributed by atoms with van der Waals surface area (Å²) in [6.07, 6.45) is 0. The topological polar surface area (TPSA) is 145 Å². The van der Waals surface area contributed by atoms with Gasteiger partial charge in [0.15, 0.2) is 5.54 Å². The van der Waals surface area contributed by atoms with Gasteiger partial charge in [0.2, 0.25) is 0 Å². The van der Waals surface area contributed by atoms with Crippen LogP contribution in [0.2, 0.25) is 0 Å². The first-order valence-electron chi connectivity index (χ1n) is 11.2. The molecule has 6 rings (SSSR count). The summed E-state index contributed by atoms with van der Waals surface area (Å²) in [5, 5.41) is 10.1. The molecule has 1 saturated heterocycles. The number of benzene rings is 2. The molecule has 2 aliphatic heterocycles. The van der Waals surface area contributed by atoms with Crippen LogP contribution in [-0.2, 0) is 23.9 Å². The lowest BCUT2D eigenvalue weighted by molar-refractivity contribution is -0.125. The standard InChI is InChI=1S/C25H22N6O5/c1-30-21(26)10-18(29-30)13-4-6-19-15(7-13)8-20(36-19)25(23(33)27-24(34)28-25)12-31-11-14-3-5-16(35-2)9-17(14)22(31)32/h3-10H,11-12,26H2,1-2H3,(H2,27,28,33,34). The number of carbonyl (C=O) groups excluding carboxylic acids is 3. The van der Waals surface area contributed by atoms with Crippen molar-refractivity contribution >= 4 is 34.6 Å². The van der Waals surface area contributed by atoms with Crippen LogP contribution in [-0.4, -0.2) is 46.2 Å². The minimum atomic E-state index is -1.59. The molecule has 0 aliphatic carbocycles. The van der Waals surface area contributed by atoms with Gasteiger partial charge in [0, 0.05) is 36.2 Å². The van der Waals surface area contributed by atoms with Crippen LogP contribution < -0.4 is 21.1 Å². The molecule has 11 heteroatoms. The molecule has 182 valence electrons. The van der Waals surface area contributed by atoms with E-state index < -0.39 is 17.5 Å². The molecule has 11 nitrogen and oxygen atoms in total. The van der Waals surface area contributed by atoms with Gasteiger partial charge in [-0.05, 0) is 42.0 Å². The average Bonchev–Trinajstić information content (AvgIpc) is 3.59. The maximum Gasteiger partial charge on any atom is 0.322 e. The van der Waals surface area contributed by atoms with Gasteiger partial charge in [0.05, 0.1) is 19.3 Å². The highest BCUT2D eigenvalue weighted by Gasteiger charge is 2.53. The molecule has 4 heterocycles. The molecule has 0 radical (unpaired) electrons. The molecule has 1 atom stereocenters. The van der Waals surface area contributed by atoms with E-state index in [1.807, 2.05) is 18.2 Å². The Morgan fingerprint density at radius 3 is 2.67 bits per heavy atom. The molecule has 2 aromatic heterocycles. The Kier molecular flexibility index (Phi) is 4.59. The first-order valence-corrected chi connectivity index (χ1v) is 11.2. The summed E-state index contributed by atoms with van der Waals surface area (Å²) in [5.41, 5.74) is 7.66. The Morgan fingerprint density at radius 2 is 1.97 bits per heavy atom. The Balaban J connectivity index is 1.38. The van der Waals surface area contributed by atoms with Crippen molar-refractivity contribution in [3.8, 4) is 17.0 Å². The highest BCUT2D eigenvalue weighted by Crippen LogP contribution is 2.36. The highest BCUT2D eigenvalue weighted by molar-refractivity contribution is 6.08. The number of rotatable bonds is 5. The van der Waals surface area contributed by atoms with Crippen molar-refractivity contribution in [2.45, 2.75) is 12.1 Å². The zero-order valence-electron chi connectivity index (χ0n) is 19.5. The van der Waals surface area contributed by atoms with E-state index in [9.17, 15) is 14.4 Å². The largest absolute Gasteiger partial charge is 0.497 e. The number of nitrogens with two attached hydrogens (primary N) is 1. The molecule has 36 heavy (non-hydrogen) atoms. The van der Waals surface area contributed by atoms with E-state index in [0.29, 0.717) is 33.8 Å². The lowest BCUT2D eigenvalue weighted by Crippen LogP contribution is -2.52. The maximum absolute atomic E-state index is 13.2. The van der Waals surface area contributed by atoms with E-state index >= 15 is 0 Å². The van der Waals surface area contributed by atoms with Crippen LogP contribution in [0.15, 0.2) is 52.9 Å². The fourth-order valence-corrected chi connectivity index (χ4v) is 4.77. The molecule has 2 aromatic carbocycles. The molecule has 2 aliphatic rings. The fraction of sp³-hybridized carbons (Fsp3) is 0.200. The van der Waals surface area contributed by atoms with Crippen LogP contribution in [0.5, 0.6) is 5.75 Å². The van der Waals surface area contributed by atoms with Crippen molar-refractivity contribution in [1.29, 1.82) is 0 Å². The number of nitrogen functional groups attached to an aromatic ring is 1. The summed E-state index contributed by atoms with van der Waals surface area (Å²) in [7, 11) is 3.29. The van der Waals surface area contributed by atoms with Gasteiger partial charge < -0.3 is 25.1 Å². The van der Waals surface area contributed by atoms with Gasteiger partial charge in [-0.1, -0.05) is 6.07 Å². The monoisotopic (exact) mass is 486 g/mol. The van der Waals surface area contributed by atoms with Gasteiger partial charge in [-0.3, -0.25) is 19.6 Å². The predicted octanol–water partition coefficient (Wildman–Crippen LogP) is 2.11. The van der Waals surface area contributed by atoms with Crippen LogP contribution in [0.3, 0.4) is 0 Å². The van der Waals surface area contributed by atoms with Gasteiger partial charge in [-0.15, -0.1) is 0 Å². The van der Waals surface area contributed by atoms with E-state index in [4.69, 9.17) is 14.9 Å². The third-order valence-electron chi connectivity index (χ3n) is 6.71. The number of aryl methyl sites for hydroxylation is 1. The van der Waals surface area contributed by atoms with Crippen molar-refractivity contribution in [3.63, 3.8) is 0 Å². The average molecular weight is 486 g/mol. The number of methoxy groups -OCH3 is 1. The molecule has 0 spiro atoms. The second kappa shape index (κ2) is 7.60. The van der Waals surface area contributed by atoms with Gasteiger partial charge in [0.1, 0.15) is 22.9 Å². The molecule has 0 saturated carbocycles. The molecule has 0 bridgehead atoms. The van der Waals surface area contributed by atoms with Crippen LogP contribution in [0.25, 0.3) is 22.2 Å². The summed E-state index contributed by atoms with van der Waals surface area (Å²) in [4.78, 5) is 40.1. The van der Waals surface area contributed by atoms with Crippen LogP contribution in [0.4, 0.5) is 10.6 Å². The van der Waals surface area contributed by atoms with E-state index in [1.165, 1.54) is 12.0 Å². The molecular weight excluding hydrogens is 464 g/mol. The number of hydrogen-bond donors (Lipinski definition) is 3. The van der Waals surface area contributed by atoms with Crippen LogP contribution >= 0.6 is 0 Å². The van der Waals surface area contributed by atoms with Crippen molar-refractivity contribution in [2.24, 2.45) is 7.05 Å². The summed E-state index contributed by atoms with van der Waals surface area (Å²) < 4.78 is 12.9. The van der Waals surface area contributed by atoms with Gasteiger partial charge in [-0.2, -0.15) is 5.10 Å². The zero-order valence-corrected chi connectivity index (χ0v) is 19.5. The molecular formula is C25H22N6O5.